The average Bonchev–Trinajstić information content (AvgIpc) is 0.949. The second kappa shape index (κ2) is 70.1. The number of aliphatic hydroxyl groups excluding tert-OH is 1. The van der Waals surface area contributed by atoms with Crippen LogP contribution < -0.4 is 0 Å². The summed E-state index contributed by atoms with van der Waals surface area (Å²) in [4.78, 5) is 73.0. The van der Waals surface area contributed by atoms with Gasteiger partial charge in [-0.15, -0.1) is 0 Å². The van der Waals surface area contributed by atoms with Crippen LogP contribution in [0.2, 0.25) is 0 Å². The average molecular weight is 1470 g/mol. The molecule has 3 N–H and O–H groups in total. The summed E-state index contributed by atoms with van der Waals surface area (Å²) in [6, 6.07) is 0. The molecule has 0 amide bonds. The summed E-state index contributed by atoms with van der Waals surface area (Å²) in [5.41, 5.74) is 0. The first kappa shape index (κ1) is 98.1. The third-order valence-electron chi connectivity index (χ3n) is 18.8. The summed E-state index contributed by atoms with van der Waals surface area (Å²) in [5.74, 6) is 0.964. The maximum Gasteiger partial charge on any atom is 0.472 e. The summed E-state index contributed by atoms with van der Waals surface area (Å²) in [6.07, 6.45) is 57.0. The molecule has 0 rings (SSSR count). The predicted molar refractivity (Wildman–Crippen MR) is 409 cm³/mol. The summed E-state index contributed by atoms with van der Waals surface area (Å²) in [6.45, 7) is 14.2. The number of carbonyl (C=O) groups excluding carboxylic acids is 4. The summed E-state index contributed by atoms with van der Waals surface area (Å²) >= 11 is 0. The molecule has 0 aromatic heterocycles. The first-order valence-electron chi connectivity index (χ1n) is 41.7. The van der Waals surface area contributed by atoms with Crippen molar-refractivity contribution in [2.24, 2.45) is 23.7 Å². The maximum absolute atomic E-state index is 13.1. The molecule has 0 aliphatic rings. The highest BCUT2D eigenvalue weighted by molar-refractivity contribution is 7.47. The van der Waals surface area contributed by atoms with Crippen LogP contribution in [0.15, 0.2) is 0 Å². The quantitative estimate of drug-likeness (QED) is 0.0222. The van der Waals surface area contributed by atoms with Crippen LogP contribution in [-0.2, 0) is 65.4 Å². The van der Waals surface area contributed by atoms with Crippen molar-refractivity contribution < 1.29 is 80.2 Å². The van der Waals surface area contributed by atoms with E-state index >= 15 is 0 Å². The van der Waals surface area contributed by atoms with Crippen molar-refractivity contribution >= 4 is 39.5 Å². The molecule has 5 atom stereocenters. The van der Waals surface area contributed by atoms with Crippen LogP contribution in [0.3, 0.4) is 0 Å². The number of carbonyl (C=O) groups is 4. The number of ether oxygens (including phenoxy) is 4. The van der Waals surface area contributed by atoms with E-state index in [9.17, 15) is 43.2 Å². The number of rotatable bonds is 78. The van der Waals surface area contributed by atoms with Gasteiger partial charge in [0.1, 0.15) is 19.3 Å². The molecule has 0 saturated heterocycles. The van der Waals surface area contributed by atoms with Crippen molar-refractivity contribution in [2.75, 3.05) is 39.6 Å². The number of hydrogen-bond donors (Lipinski definition) is 3. The molecule has 0 aromatic rings. The standard InChI is InChI=1S/C81H158O17P2/c1-71(2)57-49-41-33-26-20-15-11-9-10-12-18-24-30-38-47-55-63-80(85)97-76(67-91-78(83)61-53-45-37-29-23-17-14-13-16-21-27-34-42-50-58-72(3)4)69-95-99(87,88)93-65-75(82)66-94-100(89,90)96-70-77(68-92-79(84)62-54-46-40-32-36-44-52-60-74(7)8)98-81(86)64-56-48-39-31-25-19-22-28-35-43-51-59-73(5)6/h71-77,82H,9-70H2,1-8H3,(H,87,88)(H,89,90)/t75?,76-,77-/m1/s1. The summed E-state index contributed by atoms with van der Waals surface area (Å²) in [7, 11) is -9.92. The van der Waals surface area contributed by atoms with Gasteiger partial charge in [-0.2, -0.15) is 0 Å². The molecule has 0 radical (unpaired) electrons. The second-order valence-corrected chi connectivity index (χ2v) is 34.0. The van der Waals surface area contributed by atoms with E-state index < -0.39 is 97.5 Å². The zero-order valence-corrected chi connectivity index (χ0v) is 67.6. The SMILES string of the molecule is CC(C)CCCCCCCCCCCCCCCCCCC(=O)O[C@H](COC(=O)CCCCCCCCCCCCCCCCC(C)C)COP(=O)(O)OCC(O)COP(=O)(O)OC[C@@H](COC(=O)CCCCCCCCCC(C)C)OC(=O)CCCCCCCCCCCCCC(C)C. The van der Waals surface area contributed by atoms with Crippen LogP contribution in [-0.4, -0.2) is 96.7 Å². The number of phosphoric acid groups is 2. The van der Waals surface area contributed by atoms with Gasteiger partial charge in [-0.05, 0) is 49.4 Å². The van der Waals surface area contributed by atoms with E-state index in [1.165, 1.54) is 212 Å². The molecule has 19 heteroatoms. The molecule has 0 fully saturated rings. The van der Waals surface area contributed by atoms with E-state index in [0.29, 0.717) is 31.6 Å². The summed E-state index contributed by atoms with van der Waals surface area (Å²) in [5, 5.41) is 10.6. The van der Waals surface area contributed by atoms with Gasteiger partial charge in [0.15, 0.2) is 12.2 Å². The number of aliphatic hydroxyl groups is 1. The highest BCUT2D eigenvalue weighted by Gasteiger charge is 2.30. The van der Waals surface area contributed by atoms with Crippen LogP contribution in [0.4, 0.5) is 0 Å². The number of unbranched alkanes of at least 4 members (excludes halogenated alkanes) is 44. The fourth-order valence-electron chi connectivity index (χ4n) is 12.4. The van der Waals surface area contributed by atoms with E-state index in [1.807, 2.05) is 0 Å². The third-order valence-corrected chi connectivity index (χ3v) is 20.7. The van der Waals surface area contributed by atoms with E-state index in [2.05, 4.69) is 55.4 Å². The molecular formula is C81H158O17P2. The van der Waals surface area contributed by atoms with Crippen LogP contribution in [0.5, 0.6) is 0 Å². The van der Waals surface area contributed by atoms with Crippen LogP contribution in [0.25, 0.3) is 0 Å². The van der Waals surface area contributed by atoms with Gasteiger partial charge in [0, 0.05) is 25.7 Å². The minimum atomic E-state index is -4.96. The third kappa shape index (κ3) is 74.3. The maximum atomic E-state index is 13.1. The Balaban J connectivity index is 5.24. The Morgan fingerprint density at radius 1 is 0.250 bits per heavy atom. The van der Waals surface area contributed by atoms with Crippen molar-refractivity contribution in [3.05, 3.63) is 0 Å². The molecule has 0 saturated carbocycles. The highest BCUT2D eigenvalue weighted by atomic mass is 31.2. The molecule has 0 bridgehead atoms. The Morgan fingerprint density at radius 3 is 0.620 bits per heavy atom. The molecule has 594 valence electrons. The molecule has 100 heavy (non-hydrogen) atoms. The van der Waals surface area contributed by atoms with Gasteiger partial charge in [0.05, 0.1) is 26.4 Å². The van der Waals surface area contributed by atoms with Crippen molar-refractivity contribution in [3.63, 3.8) is 0 Å². The lowest BCUT2D eigenvalue weighted by atomic mass is 10.0. The molecule has 3 unspecified atom stereocenters. The number of phosphoric ester groups is 2. The smallest absolute Gasteiger partial charge is 0.462 e. The fourth-order valence-corrected chi connectivity index (χ4v) is 14.0. The lowest BCUT2D eigenvalue weighted by molar-refractivity contribution is -0.161. The lowest BCUT2D eigenvalue weighted by Gasteiger charge is -2.21. The van der Waals surface area contributed by atoms with Crippen LogP contribution in [0, 0.1) is 23.7 Å². The van der Waals surface area contributed by atoms with Crippen molar-refractivity contribution in [3.8, 4) is 0 Å². The van der Waals surface area contributed by atoms with E-state index in [4.69, 9.17) is 37.0 Å². The second-order valence-electron chi connectivity index (χ2n) is 31.1. The van der Waals surface area contributed by atoms with Crippen molar-refractivity contribution in [1.82, 2.24) is 0 Å². The first-order valence-corrected chi connectivity index (χ1v) is 44.7. The minimum absolute atomic E-state index is 0.105. The topological polar surface area (TPSA) is 237 Å². The Morgan fingerprint density at radius 2 is 0.420 bits per heavy atom. The van der Waals surface area contributed by atoms with E-state index in [-0.39, 0.29) is 25.7 Å². The zero-order chi connectivity index (χ0) is 73.8. The minimum Gasteiger partial charge on any atom is -0.462 e. The van der Waals surface area contributed by atoms with Crippen LogP contribution in [0.1, 0.15) is 415 Å². The Bertz CT molecular complexity index is 1950. The fraction of sp³-hybridized carbons (Fsp3) is 0.951. The molecule has 0 spiro atoms. The molecule has 0 aliphatic heterocycles. The molecule has 0 heterocycles. The number of hydrogen-bond acceptors (Lipinski definition) is 15. The van der Waals surface area contributed by atoms with Crippen molar-refractivity contribution in [2.45, 2.75) is 433 Å². The van der Waals surface area contributed by atoms with Gasteiger partial charge in [-0.25, -0.2) is 9.13 Å². The van der Waals surface area contributed by atoms with Crippen molar-refractivity contribution in [1.29, 1.82) is 0 Å². The summed E-state index contributed by atoms with van der Waals surface area (Å²) < 4.78 is 68.7. The van der Waals surface area contributed by atoms with Crippen LogP contribution >= 0.6 is 15.6 Å². The van der Waals surface area contributed by atoms with E-state index in [1.54, 1.807) is 0 Å². The van der Waals surface area contributed by atoms with Gasteiger partial charge in [0.25, 0.3) is 0 Å². The van der Waals surface area contributed by atoms with Gasteiger partial charge in [-0.3, -0.25) is 37.3 Å². The highest BCUT2D eigenvalue weighted by Crippen LogP contribution is 2.45. The Labute approximate surface area is 613 Å². The predicted octanol–water partition coefficient (Wildman–Crippen LogP) is 24.0. The molecular weight excluding hydrogens is 1310 g/mol. The molecule has 17 nitrogen and oxygen atoms in total. The Hall–Kier alpha value is -1.94. The normalized spacial score (nSPS) is 14.0. The van der Waals surface area contributed by atoms with Gasteiger partial charge in [-0.1, -0.05) is 364 Å². The molecule has 0 aromatic carbocycles. The lowest BCUT2D eigenvalue weighted by Crippen LogP contribution is -2.30. The monoisotopic (exact) mass is 1470 g/mol. The molecule has 0 aliphatic carbocycles. The van der Waals surface area contributed by atoms with E-state index in [0.717, 1.165) is 114 Å². The van der Waals surface area contributed by atoms with Gasteiger partial charge in [0.2, 0.25) is 0 Å². The number of esters is 4. The van der Waals surface area contributed by atoms with Gasteiger partial charge >= 0.3 is 39.5 Å². The zero-order valence-electron chi connectivity index (χ0n) is 65.8. The Kier molecular flexibility index (Phi) is 68.7. The first-order chi connectivity index (χ1) is 48.1. The largest absolute Gasteiger partial charge is 0.472 e. The van der Waals surface area contributed by atoms with Gasteiger partial charge < -0.3 is 33.8 Å².